The summed E-state index contributed by atoms with van der Waals surface area (Å²) in [5, 5.41) is 17.9. The smallest absolute Gasteiger partial charge is 0.407 e. The van der Waals surface area contributed by atoms with E-state index in [1.54, 1.807) is 23.0 Å². The van der Waals surface area contributed by atoms with Crippen LogP contribution in [0.3, 0.4) is 0 Å². The summed E-state index contributed by atoms with van der Waals surface area (Å²) in [7, 11) is 0. The van der Waals surface area contributed by atoms with Crippen molar-refractivity contribution in [3.8, 4) is 16.9 Å². The summed E-state index contributed by atoms with van der Waals surface area (Å²) >= 11 is 0. The van der Waals surface area contributed by atoms with Gasteiger partial charge in [-0.1, -0.05) is 38.1 Å². The van der Waals surface area contributed by atoms with Crippen LogP contribution in [-0.2, 0) is 10.3 Å². The van der Waals surface area contributed by atoms with Crippen molar-refractivity contribution in [1.82, 2.24) is 19.9 Å². The molecule has 8 heteroatoms. The quantitative estimate of drug-likeness (QED) is 0.677. The Bertz CT molecular complexity index is 1070. The fourth-order valence-electron chi connectivity index (χ4n) is 3.97. The summed E-state index contributed by atoms with van der Waals surface area (Å²) in [6.07, 6.45) is 0.842. The molecule has 1 unspecified atom stereocenters. The van der Waals surface area contributed by atoms with Gasteiger partial charge in [-0.15, -0.1) is 5.10 Å². The Kier molecular flexibility index (Phi) is 5.26. The zero-order valence-electron chi connectivity index (χ0n) is 17.7. The van der Waals surface area contributed by atoms with Crippen LogP contribution < -0.4 is 0 Å². The van der Waals surface area contributed by atoms with E-state index < -0.39 is 11.7 Å². The zero-order valence-corrected chi connectivity index (χ0v) is 17.7. The SMILES string of the molecule is CC(C)(C)C1(c2ccc(-n3cc(-c4ccc(F)cc4)nn3)cc2)CN(C(=O)O)CCO1. The average molecular weight is 424 g/mol. The molecule has 0 bridgehead atoms. The number of rotatable bonds is 3. The Labute approximate surface area is 180 Å². The van der Waals surface area contributed by atoms with Crippen molar-refractivity contribution in [2.45, 2.75) is 26.4 Å². The van der Waals surface area contributed by atoms with E-state index in [2.05, 4.69) is 31.1 Å². The van der Waals surface area contributed by atoms with Crippen molar-refractivity contribution < 1.29 is 19.0 Å². The van der Waals surface area contributed by atoms with Crippen LogP contribution in [0.2, 0.25) is 0 Å². The lowest BCUT2D eigenvalue weighted by atomic mass is 9.71. The number of hydrogen-bond acceptors (Lipinski definition) is 4. The van der Waals surface area contributed by atoms with Crippen molar-refractivity contribution in [2.75, 3.05) is 19.7 Å². The van der Waals surface area contributed by atoms with Gasteiger partial charge in [0.1, 0.15) is 17.1 Å². The molecule has 1 fully saturated rings. The minimum Gasteiger partial charge on any atom is -0.465 e. The zero-order chi connectivity index (χ0) is 22.2. The summed E-state index contributed by atoms with van der Waals surface area (Å²) in [5.74, 6) is -0.300. The third-order valence-electron chi connectivity index (χ3n) is 5.84. The van der Waals surface area contributed by atoms with E-state index in [1.807, 2.05) is 24.3 Å². The highest BCUT2D eigenvalue weighted by atomic mass is 19.1. The van der Waals surface area contributed by atoms with Gasteiger partial charge in [0.25, 0.3) is 0 Å². The first-order valence-corrected chi connectivity index (χ1v) is 10.1. The van der Waals surface area contributed by atoms with Gasteiger partial charge >= 0.3 is 6.09 Å². The van der Waals surface area contributed by atoms with Crippen molar-refractivity contribution in [3.63, 3.8) is 0 Å². The number of aromatic nitrogens is 3. The molecule has 7 nitrogen and oxygen atoms in total. The van der Waals surface area contributed by atoms with Gasteiger partial charge in [-0.25, -0.2) is 13.9 Å². The van der Waals surface area contributed by atoms with Crippen LogP contribution in [0.5, 0.6) is 0 Å². The lowest BCUT2D eigenvalue weighted by Gasteiger charge is -2.50. The molecule has 1 saturated heterocycles. The Morgan fingerprint density at radius 1 is 1.13 bits per heavy atom. The molecule has 1 aliphatic heterocycles. The van der Waals surface area contributed by atoms with Crippen LogP contribution >= 0.6 is 0 Å². The molecule has 1 N–H and O–H groups in total. The maximum atomic E-state index is 13.2. The second kappa shape index (κ2) is 7.77. The Hall–Kier alpha value is -3.26. The maximum Gasteiger partial charge on any atom is 0.407 e. The monoisotopic (exact) mass is 424 g/mol. The second-order valence-electron chi connectivity index (χ2n) is 8.73. The topological polar surface area (TPSA) is 80.5 Å². The van der Waals surface area contributed by atoms with E-state index in [0.717, 1.165) is 16.8 Å². The predicted molar refractivity (Wildman–Crippen MR) is 113 cm³/mol. The molecule has 0 aliphatic carbocycles. The number of carboxylic acid groups (broad SMARTS) is 1. The van der Waals surface area contributed by atoms with E-state index in [9.17, 15) is 14.3 Å². The van der Waals surface area contributed by atoms with Crippen LogP contribution in [0.25, 0.3) is 16.9 Å². The average Bonchev–Trinajstić information content (AvgIpc) is 3.24. The number of benzene rings is 2. The van der Waals surface area contributed by atoms with Gasteiger partial charge in [0.2, 0.25) is 0 Å². The van der Waals surface area contributed by atoms with E-state index in [0.29, 0.717) is 18.8 Å². The Morgan fingerprint density at radius 3 is 2.42 bits per heavy atom. The van der Waals surface area contributed by atoms with Crippen molar-refractivity contribution in [3.05, 3.63) is 66.1 Å². The normalized spacial score (nSPS) is 19.4. The molecular formula is C23H25FN4O3. The van der Waals surface area contributed by atoms with Gasteiger partial charge < -0.3 is 14.7 Å². The van der Waals surface area contributed by atoms with Crippen molar-refractivity contribution in [1.29, 1.82) is 0 Å². The van der Waals surface area contributed by atoms with E-state index in [1.165, 1.54) is 17.0 Å². The number of ether oxygens (including phenoxy) is 1. The number of hydrogen-bond donors (Lipinski definition) is 1. The largest absolute Gasteiger partial charge is 0.465 e. The summed E-state index contributed by atoms with van der Waals surface area (Å²) in [5.41, 5.74) is 2.05. The fourth-order valence-corrected chi connectivity index (χ4v) is 3.97. The minimum absolute atomic E-state index is 0.267. The molecule has 0 spiro atoms. The van der Waals surface area contributed by atoms with Crippen LogP contribution in [0, 0.1) is 11.2 Å². The first-order valence-electron chi connectivity index (χ1n) is 10.1. The molecule has 1 atom stereocenters. The van der Waals surface area contributed by atoms with Gasteiger partial charge in [-0.3, -0.25) is 0 Å². The van der Waals surface area contributed by atoms with Gasteiger partial charge in [-0.2, -0.15) is 0 Å². The van der Waals surface area contributed by atoms with Crippen LogP contribution in [-0.4, -0.2) is 50.8 Å². The van der Waals surface area contributed by atoms with Crippen LogP contribution in [0.4, 0.5) is 9.18 Å². The lowest BCUT2D eigenvalue weighted by Crippen LogP contribution is -2.57. The van der Waals surface area contributed by atoms with E-state index >= 15 is 0 Å². The molecule has 1 aliphatic rings. The van der Waals surface area contributed by atoms with E-state index in [-0.39, 0.29) is 17.8 Å². The third-order valence-corrected chi connectivity index (χ3v) is 5.84. The summed E-state index contributed by atoms with van der Waals surface area (Å²) in [6, 6.07) is 13.8. The molecule has 0 radical (unpaired) electrons. The standard InChI is InChI=1S/C23H25FN4O3/c1-22(2,3)23(15-27(21(29)30)12-13-31-23)17-6-10-19(11-7-17)28-14-20(25-26-28)16-4-8-18(24)9-5-16/h4-11,14H,12-13,15H2,1-3H3,(H,29,30). The molecule has 4 rings (SSSR count). The molecule has 0 saturated carbocycles. The molecule has 3 aromatic rings. The third kappa shape index (κ3) is 3.90. The Balaban J connectivity index is 1.64. The number of morpholine rings is 1. The molecular weight excluding hydrogens is 399 g/mol. The highest BCUT2D eigenvalue weighted by Gasteiger charge is 2.48. The van der Waals surface area contributed by atoms with Crippen molar-refractivity contribution >= 4 is 6.09 Å². The predicted octanol–water partition coefficient (Wildman–Crippen LogP) is 4.33. The van der Waals surface area contributed by atoms with Gasteiger partial charge in [-0.05, 0) is 47.4 Å². The number of nitrogens with zero attached hydrogens (tertiary/aromatic N) is 4. The van der Waals surface area contributed by atoms with Crippen LogP contribution in [0.15, 0.2) is 54.7 Å². The molecule has 1 amide bonds. The highest BCUT2D eigenvalue weighted by molar-refractivity contribution is 5.65. The molecule has 162 valence electrons. The summed E-state index contributed by atoms with van der Waals surface area (Å²) in [6.45, 7) is 7.13. The first kappa shape index (κ1) is 21.0. The molecule has 2 aromatic carbocycles. The Morgan fingerprint density at radius 2 is 1.81 bits per heavy atom. The number of carbonyl (C=O) groups is 1. The first-order chi connectivity index (χ1) is 14.7. The van der Waals surface area contributed by atoms with Gasteiger partial charge in [0, 0.05) is 12.1 Å². The fraction of sp³-hybridized carbons (Fsp3) is 0.348. The van der Waals surface area contributed by atoms with E-state index in [4.69, 9.17) is 4.74 Å². The second-order valence-corrected chi connectivity index (χ2v) is 8.73. The summed E-state index contributed by atoms with van der Waals surface area (Å²) in [4.78, 5) is 13.0. The maximum absolute atomic E-state index is 13.2. The summed E-state index contributed by atoms with van der Waals surface area (Å²) < 4.78 is 21.1. The minimum atomic E-state index is -0.940. The van der Waals surface area contributed by atoms with Crippen LogP contribution in [0.1, 0.15) is 26.3 Å². The van der Waals surface area contributed by atoms with Crippen molar-refractivity contribution in [2.24, 2.45) is 5.41 Å². The molecule has 31 heavy (non-hydrogen) atoms. The number of amides is 1. The van der Waals surface area contributed by atoms with Gasteiger partial charge in [0.05, 0.1) is 25.0 Å². The molecule has 2 heterocycles. The number of halogens is 1. The molecule has 1 aromatic heterocycles. The lowest BCUT2D eigenvalue weighted by molar-refractivity contribution is -0.166. The van der Waals surface area contributed by atoms with Gasteiger partial charge in [0.15, 0.2) is 0 Å². The highest BCUT2D eigenvalue weighted by Crippen LogP contribution is 2.45.